The normalized spacial score (nSPS) is 18.2. The molecule has 2 aromatic heterocycles. The van der Waals surface area contributed by atoms with Crippen molar-refractivity contribution in [1.29, 1.82) is 0 Å². The molecule has 0 spiro atoms. The minimum Gasteiger partial charge on any atom is -0.342 e. The number of aromatic amines is 1. The van der Waals surface area contributed by atoms with Crippen molar-refractivity contribution in [3.8, 4) is 0 Å². The van der Waals surface area contributed by atoms with Crippen molar-refractivity contribution < 1.29 is 4.79 Å². The first-order valence-corrected chi connectivity index (χ1v) is 9.09. The van der Waals surface area contributed by atoms with Gasteiger partial charge in [-0.3, -0.25) is 9.89 Å². The summed E-state index contributed by atoms with van der Waals surface area (Å²) >= 11 is 1.76. The van der Waals surface area contributed by atoms with Gasteiger partial charge in [0.15, 0.2) is 0 Å². The first-order valence-electron chi connectivity index (χ1n) is 8.27. The zero-order valence-corrected chi connectivity index (χ0v) is 14.1. The summed E-state index contributed by atoms with van der Waals surface area (Å²) < 4.78 is 1.22. The number of H-pyrrole nitrogens is 1. The maximum Gasteiger partial charge on any atom is 0.223 e. The summed E-state index contributed by atoms with van der Waals surface area (Å²) in [5.74, 6) is 1.31. The van der Waals surface area contributed by atoms with Crippen molar-refractivity contribution >= 4 is 27.5 Å². The molecule has 0 bridgehead atoms. The second-order valence-corrected chi connectivity index (χ2v) is 7.19. The van der Waals surface area contributed by atoms with Gasteiger partial charge in [0.1, 0.15) is 12.2 Å². The highest BCUT2D eigenvalue weighted by Crippen LogP contribution is 2.33. The molecule has 1 aromatic carbocycles. The van der Waals surface area contributed by atoms with E-state index in [0.29, 0.717) is 18.8 Å². The molecule has 0 radical (unpaired) electrons. The fourth-order valence-corrected chi connectivity index (χ4v) is 4.30. The van der Waals surface area contributed by atoms with Gasteiger partial charge in [-0.1, -0.05) is 12.1 Å². The van der Waals surface area contributed by atoms with Gasteiger partial charge in [0.05, 0.1) is 15.2 Å². The molecule has 1 aliphatic heterocycles. The molecule has 4 rings (SSSR count). The highest BCUT2D eigenvalue weighted by Gasteiger charge is 2.26. The molecule has 1 N–H and O–H groups in total. The van der Waals surface area contributed by atoms with Crippen LogP contribution in [0.2, 0.25) is 0 Å². The molecule has 124 valence electrons. The summed E-state index contributed by atoms with van der Waals surface area (Å²) in [6.45, 7) is 1.62. The third-order valence-electron chi connectivity index (χ3n) is 4.47. The Morgan fingerprint density at radius 2 is 2.29 bits per heavy atom. The van der Waals surface area contributed by atoms with E-state index < -0.39 is 0 Å². The van der Waals surface area contributed by atoms with Crippen LogP contribution in [0.3, 0.4) is 0 Å². The molecule has 1 fully saturated rings. The van der Waals surface area contributed by atoms with Crippen LogP contribution in [0.4, 0.5) is 0 Å². The Hall–Kier alpha value is -2.28. The van der Waals surface area contributed by atoms with Gasteiger partial charge >= 0.3 is 0 Å². The first-order chi connectivity index (χ1) is 11.8. The van der Waals surface area contributed by atoms with Crippen molar-refractivity contribution in [3.05, 3.63) is 41.4 Å². The van der Waals surface area contributed by atoms with E-state index in [2.05, 4.69) is 27.3 Å². The second kappa shape index (κ2) is 6.68. The van der Waals surface area contributed by atoms with E-state index in [-0.39, 0.29) is 5.91 Å². The smallest absolute Gasteiger partial charge is 0.223 e. The number of thiazole rings is 1. The van der Waals surface area contributed by atoms with Gasteiger partial charge in [-0.2, -0.15) is 5.10 Å². The number of hydrogen-bond donors (Lipinski definition) is 1. The quantitative estimate of drug-likeness (QED) is 0.792. The van der Waals surface area contributed by atoms with Crippen LogP contribution in [0, 0.1) is 0 Å². The number of carbonyl (C=O) groups excluding carboxylic acids is 1. The zero-order valence-electron chi connectivity index (χ0n) is 13.3. The molecule has 1 amide bonds. The number of carbonyl (C=O) groups is 1. The van der Waals surface area contributed by atoms with E-state index in [0.717, 1.165) is 42.3 Å². The standard InChI is InChI=1S/C17H19N5OS/c23-16(8-7-15-18-11-19-21-15)22-9-3-4-12(10-22)17-20-13-5-1-2-6-14(13)24-17/h1-2,5-6,11-12H,3-4,7-10H2,(H,18,19,21). The molecule has 1 aliphatic rings. The monoisotopic (exact) mass is 341 g/mol. The van der Waals surface area contributed by atoms with Gasteiger partial charge < -0.3 is 4.90 Å². The SMILES string of the molecule is O=C(CCc1ncn[nH]1)N1CCCC(c2nc3ccccc3s2)C1. The van der Waals surface area contributed by atoms with Crippen LogP contribution in [-0.2, 0) is 11.2 Å². The van der Waals surface area contributed by atoms with E-state index in [9.17, 15) is 4.79 Å². The molecule has 1 unspecified atom stereocenters. The molecule has 1 saturated heterocycles. The maximum absolute atomic E-state index is 12.5. The summed E-state index contributed by atoms with van der Waals surface area (Å²) in [4.78, 5) is 23.3. The highest BCUT2D eigenvalue weighted by molar-refractivity contribution is 7.18. The number of likely N-dealkylation sites (tertiary alicyclic amines) is 1. The Morgan fingerprint density at radius 1 is 1.38 bits per heavy atom. The number of aromatic nitrogens is 4. The molecule has 3 aromatic rings. The molecule has 7 heteroatoms. The topological polar surface area (TPSA) is 74.8 Å². The van der Waals surface area contributed by atoms with Gasteiger partial charge in [-0.05, 0) is 25.0 Å². The lowest BCUT2D eigenvalue weighted by atomic mass is 9.98. The maximum atomic E-state index is 12.5. The number of hydrogen-bond acceptors (Lipinski definition) is 5. The molecule has 3 heterocycles. The van der Waals surface area contributed by atoms with Gasteiger partial charge in [0.25, 0.3) is 0 Å². The fraction of sp³-hybridized carbons (Fsp3) is 0.412. The number of benzene rings is 1. The molecular formula is C17H19N5OS. The van der Waals surface area contributed by atoms with Gasteiger partial charge in [0, 0.05) is 31.8 Å². The number of amides is 1. The van der Waals surface area contributed by atoms with Crippen LogP contribution in [0.1, 0.15) is 36.0 Å². The molecule has 0 aliphatic carbocycles. The summed E-state index contributed by atoms with van der Waals surface area (Å²) in [5, 5.41) is 7.78. The molecule has 1 atom stereocenters. The third kappa shape index (κ3) is 3.17. The summed E-state index contributed by atoms with van der Waals surface area (Å²) in [7, 11) is 0. The number of aryl methyl sites for hydroxylation is 1. The lowest BCUT2D eigenvalue weighted by molar-refractivity contribution is -0.132. The van der Waals surface area contributed by atoms with E-state index >= 15 is 0 Å². The van der Waals surface area contributed by atoms with Crippen LogP contribution in [-0.4, -0.2) is 44.1 Å². The van der Waals surface area contributed by atoms with Crippen molar-refractivity contribution in [3.63, 3.8) is 0 Å². The van der Waals surface area contributed by atoms with Crippen molar-refractivity contribution in [1.82, 2.24) is 25.1 Å². The van der Waals surface area contributed by atoms with E-state index in [1.54, 1.807) is 11.3 Å². The van der Waals surface area contributed by atoms with Crippen molar-refractivity contribution in [2.45, 2.75) is 31.6 Å². The highest BCUT2D eigenvalue weighted by atomic mass is 32.1. The lowest BCUT2D eigenvalue weighted by Gasteiger charge is -2.31. The fourth-order valence-electron chi connectivity index (χ4n) is 3.20. The van der Waals surface area contributed by atoms with Gasteiger partial charge in [0.2, 0.25) is 5.91 Å². The van der Waals surface area contributed by atoms with Crippen LogP contribution in [0.5, 0.6) is 0 Å². The molecule has 24 heavy (non-hydrogen) atoms. The van der Waals surface area contributed by atoms with E-state index in [1.165, 1.54) is 11.0 Å². The number of rotatable bonds is 4. The molecule has 0 saturated carbocycles. The van der Waals surface area contributed by atoms with Crippen molar-refractivity contribution in [2.24, 2.45) is 0 Å². The van der Waals surface area contributed by atoms with Crippen LogP contribution < -0.4 is 0 Å². The number of nitrogens with one attached hydrogen (secondary N) is 1. The Kier molecular flexibility index (Phi) is 4.25. The minimum atomic E-state index is 0.192. The van der Waals surface area contributed by atoms with Gasteiger partial charge in [-0.25, -0.2) is 9.97 Å². The number of nitrogens with zero attached hydrogens (tertiary/aromatic N) is 4. The average molecular weight is 341 g/mol. The second-order valence-electron chi connectivity index (χ2n) is 6.13. The Morgan fingerprint density at radius 3 is 3.12 bits per heavy atom. The summed E-state index contributed by atoms with van der Waals surface area (Å²) in [6, 6.07) is 8.23. The van der Waals surface area contributed by atoms with Crippen molar-refractivity contribution in [2.75, 3.05) is 13.1 Å². The Labute approximate surface area is 143 Å². The van der Waals surface area contributed by atoms with Crippen LogP contribution >= 0.6 is 11.3 Å². The number of para-hydroxylation sites is 1. The lowest BCUT2D eigenvalue weighted by Crippen LogP contribution is -2.39. The molecule has 6 nitrogen and oxygen atoms in total. The number of piperidine rings is 1. The van der Waals surface area contributed by atoms with E-state index in [1.807, 2.05) is 17.0 Å². The number of fused-ring (bicyclic) bond motifs is 1. The van der Waals surface area contributed by atoms with Crippen LogP contribution in [0.15, 0.2) is 30.6 Å². The van der Waals surface area contributed by atoms with E-state index in [4.69, 9.17) is 4.98 Å². The Balaban J connectivity index is 1.42. The van der Waals surface area contributed by atoms with Gasteiger partial charge in [-0.15, -0.1) is 11.3 Å². The average Bonchev–Trinajstić information content (AvgIpc) is 3.29. The summed E-state index contributed by atoms with van der Waals surface area (Å²) in [5.41, 5.74) is 1.06. The summed E-state index contributed by atoms with van der Waals surface area (Å²) in [6.07, 6.45) is 4.70. The predicted octanol–water partition coefficient (Wildman–Crippen LogP) is 2.75. The zero-order chi connectivity index (χ0) is 16.4. The Bertz CT molecular complexity index is 796. The third-order valence-corrected chi connectivity index (χ3v) is 5.67. The largest absolute Gasteiger partial charge is 0.342 e. The molecular weight excluding hydrogens is 322 g/mol. The van der Waals surface area contributed by atoms with Crippen LogP contribution in [0.25, 0.3) is 10.2 Å². The predicted molar refractivity (Wildman–Crippen MR) is 92.9 cm³/mol. The first kappa shape index (κ1) is 15.3. The minimum absolute atomic E-state index is 0.192.